The number of amides is 1. The highest BCUT2D eigenvalue weighted by atomic mass is 16.1. The summed E-state index contributed by atoms with van der Waals surface area (Å²) in [7, 11) is 0. The van der Waals surface area contributed by atoms with Crippen molar-refractivity contribution in [2.45, 2.75) is 19.8 Å². The molecule has 1 aliphatic rings. The summed E-state index contributed by atoms with van der Waals surface area (Å²) in [5, 5.41) is 9.19. The van der Waals surface area contributed by atoms with Crippen LogP contribution in [0.3, 0.4) is 0 Å². The summed E-state index contributed by atoms with van der Waals surface area (Å²) < 4.78 is 0. The zero-order valence-corrected chi connectivity index (χ0v) is 10.8. The molecule has 0 bridgehead atoms. The molecule has 18 heavy (non-hydrogen) atoms. The van der Waals surface area contributed by atoms with Crippen LogP contribution >= 0.6 is 0 Å². The predicted molar refractivity (Wildman–Crippen MR) is 70.2 cm³/mol. The minimum atomic E-state index is -0.149. The fraction of sp³-hybridized carbons (Fsp3) is 0.667. The van der Waals surface area contributed by atoms with Crippen molar-refractivity contribution in [1.29, 1.82) is 0 Å². The maximum absolute atomic E-state index is 11.7. The number of nitrogens with one attached hydrogen (secondary N) is 2. The van der Waals surface area contributed by atoms with E-state index in [1.807, 2.05) is 0 Å². The van der Waals surface area contributed by atoms with Gasteiger partial charge in [0.05, 0.1) is 0 Å². The summed E-state index contributed by atoms with van der Waals surface area (Å²) in [6.07, 6.45) is 2.51. The number of likely N-dealkylation sites (tertiary alicyclic amines) is 1. The molecule has 0 atom stereocenters. The molecule has 0 aliphatic carbocycles. The second-order valence-electron chi connectivity index (χ2n) is 4.99. The van der Waals surface area contributed by atoms with E-state index in [4.69, 9.17) is 5.73 Å². The van der Waals surface area contributed by atoms with Gasteiger partial charge in [-0.1, -0.05) is 6.92 Å². The van der Waals surface area contributed by atoms with Gasteiger partial charge in [-0.15, -0.1) is 0 Å². The normalized spacial score (nSPS) is 17.8. The lowest BCUT2D eigenvalue weighted by Gasteiger charge is -2.30. The number of rotatable bonds is 4. The first-order valence-corrected chi connectivity index (χ1v) is 6.46. The van der Waals surface area contributed by atoms with Crippen LogP contribution in [0.5, 0.6) is 0 Å². The number of aromatic nitrogens is 2. The third kappa shape index (κ3) is 3.46. The predicted octanol–water partition coefficient (Wildman–Crippen LogP) is 0.454. The Morgan fingerprint density at radius 3 is 2.94 bits per heavy atom. The molecule has 1 saturated heterocycles. The molecule has 0 unspecified atom stereocenters. The molecule has 4 N–H and O–H groups in total. The molecule has 0 aromatic carbocycles. The summed E-state index contributed by atoms with van der Waals surface area (Å²) >= 11 is 0. The van der Waals surface area contributed by atoms with Gasteiger partial charge in [-0.2, -0.15) is 5.10 Å². The molecule has 2 rings (SSSR count). The third-order valence-electron chi connectivity index (χ3n) is 3.43. The zero-order chi connectivity index (χ0) is 13.0. The van der Waals surface area contributed by atoms with Crippen LogP contribution in [0.15, 0.2) is 6.07 Å². The smallest absolute Gasteiger partial charge is 0.269 e. The highest BCUT2D eigenvalue weighted by Gasteiger charge is 2.15. The molecular formula is C12H21N5O. The maximum Gasteiger partial charge on any atom is 0.269 e. The molecule has 0 spiro atoms. The second-order valence-corrected chi connectivity index (χ2v) is 4.99. The monoisotopic (exact) mass is 251 g/mol. The van der Waals surface area contributed by atoms with Gasteiger partial charge in [0.25, 0.3) is 5.91 Å². The van der Waals surface area contributed by atoms with Gasteiger partial charge in [-0.25, -0.2) is 0 Å². The zero-order valence-electron chi connectivity index (χ0n) is 10.8. The van der Waals surface area contributed by atoms with E-state index in [-0.39, 0.29) is 5.91 Å². The fourth-order valence-electron chi connectivity index (χ4n) is 2.16. The lowest BCUT2D eigenvalue weighted by atomic mass is 9.99. The number of hydrogen-bond donors (Lipinski definition) is 3. The number of H-pyrrole nitrogens is 1. The molecule has 100 valence electrons. The number of nitrogens with zero attached hydrogens (tertiary/aromatic N) is 2. The van der Waals surface area contributed by atoms with E-state index in [0.29, 0.717) is 18.1 Å². The standard InChI is InChI=1S/C12H21N5O/c1-9-2-5-17(6-3-9)7-4-14-12(18)10-8-11(13)16-15-10/h8-9H,2-7H2,1H3,(H,14,18)(H3,13,15,16). The Morgan fingerprint density at radius 2 is 2.33 bits per heavy atom. The second kappa shape index (κ2) is 5.86. The van der Waals surface area contributed by atoms with E-state index in [2.05, 4.69) is 27.3 Å². The van der Waals surface area contributed by atoms with E-state index in [1.54, 1.807) is 0 Å². The van der Waals surface area contributed by atoms with E-state index in [9.17, 15) is 4.79 Å². The SMILES string of the molecule is CC1CCN(CCNC(=O)c2cc(N)n[nH]2)CC1. The van der Waals surface area contributed by atoms with Crippen LogP contribution in [0.4, 0.5) is 5.82 Å². The van der Waals surface area contributed by atoms with E-state index in [0.717, 1.165) is 25.6 Å². The highest BCUT2D eigenvalue weighted by Crippen LogP contribution is 2.15. The highest BCUT2D eigenvalue weighted by molar-refractivity contribution is 5.92. The lowest BCUT2D eigenvalue weighted by Crippen LogP contribution is -2.39. The van der Waals surface area contributed by atoms with Gasteiger partial charge in [-0.05, 0) is 31.8 Å². The summed E-state index contributed by atoms with van der Waals surface area (Å²) in [6, 6.07) is 1.54. The average molecular weight is 251 g/mol. The molecular weight excluding hydrogens is 230 g/mol. The lowest BCUT2D eigenvalue weighted by molar-refractivity contribution is 0.0939. The van der Waals surface area contributed by atoms with Gasteiger partial charge in [0.15, 0.2) is 0 Å². The molecule has 1 aromatic heterocycles. The maximum atomic E-state index is 11.7. The number of carbonyl (C=O) groups is 1. The van der Waals surface area contributed by atoms with Crippen LogP contribution in [0.2, 0.25) is 0 Å². The molecule has 6 nitrogen and oxygen atoms in total. The number of hydrogen-bond acceptors (Lipinski definition) is 4. The van der Waals surface area contributed by atoms with Gasteiger partial charge in [0.1, 0.15) is 11.5 Å². The minimum absolute atomic E-state index is 0.149. The Bertz CT molecular complexity index is 395. The molecule has 2 heterocycles. The van der Waals surface area contributed by atoms with Crippen LogP contribution in [-0.4, -0.2) is 47.2 Å². The number of aromatic amines is 1. The van der Waals surface area contributed by atoms with Gasteiger partial charge >= 0.3 is 0 Å². The van der Waals surface area contributed by atoms with Gasteiger partial charge < -0.3 is 16.0 Å². The molecule has 1 aromatic rings. The Labute approximate surface area is 107 Å². The summed E-state index contributed by atoms with van der Waals surface area (Å²) in [4.78, 5) is 14.1. The van der Waals surface area contributed by atoms with Gasteiger partial charge in [0.2, 0.25) is 0 Å². The first kappa shape index (κ1) is 12.9. The van der Waals surface area contributed by atoms with E-state index in [1.165, 1.54) is 18.9 Å². The van der Waals surface area contributed by atoms with Crippen molar-refractivity contribution in [2.75, 3.05) is 31.9 Å². The van der Waals surface area contributed by atoms with E-state index >= 15 is 0 Å². The third-order valence-corrected chi connectivity index (χ3v) is 3.43. The average Bonchev–Trinajstić information content (AvgIpc) is 2.78. The van der Waals surface area contributed by atoms with Gasteiger partial charge in [0, 0.05) is 19.2 Å². The van der Waals surface area contributed by atoms with Crippen molar-refractivity contribution >= 4 is 11.7 Å². The Kier molecular flexibility index (Phi) is 4.19. The van der Waals surface area contributed by atoms with Crippen molar-refractivity contribution in [3.05, 3.63) is 11.8 Å². The molecule has 6 heteroatoms. The Balaban J connectivity index is 1.67. The van der Waals surface area contributed by atoms with Crippen LogP contribution in [0.25, 0.3) is 0 Å². The topological polar surface area (TPSA) is 87.0 Å². The minimum Gasteiger partial charge on any atom is -0.382 e. The van der Waals surface area contributed by atoms with Crippen molar-refractivity contribution in [3.63, 3.8) is 0 Å². The van der Waals surface area contributed by atoms with Crippen LogP contribution in [0.1, 0.15) is 30.3 Å². The molecule has 1 aliphatic heterocycles. The van der Waals surface area contributed by atoms with Crippen LogP contribution in [-0.2, 0) is 0 Å². The molecule has 0 radical (unpaired) electrons. The summed E-state index contributed by atoms with van der Waals surface area (Å²) in [6.45, 7) is 6.12. The largest absolute Gasteiger partial charge is 0.382 e. The molecule has 1 amide bonds. The Morgan fingerprint density at radius 1 is 1.61 bits per heavy atom. The fourth-order valence-corrected chi connectivity index (χ4v) is 2.16. The van der Waals surface area contributed by atoms with E-state index < -0.39 is 0 Å². The van der Waals surface area contributed by atoms with Crippen molar-refractivity contribution in [2.24, 2.45) is 5.92 Å². The van der Waals surface area contributed by atoms with Crippen LogP contribution in [0, 0.1) is 5.92 Å². The molecule has 1 fully saturated rings. The van der Waals surface area contributed by atoms with Crippen molar-refractivity contribution in [1.82, 2.24) is 20.4 Å². The first-order valence-electron chi connectivity index (χ1n) is 6.46. The van der Waals surface area contributed by atoms with Crippen molar-refractivity contribution < 1.29 is 4.79 Å². The quantitative estimate of drug-likeness (QED) is 0.725. The Hall–Kier alpha value is -1.56. The first-order chi connectivity index (χ1) is 8.65. The van der Waals surface area contributed by atoms with Gasteiger partial charge in [-0.3, -0.25) is 9.89 Å². The molecule has 0 saturated carbocycles. The summed E-state index contributed by atoms with van der Waals surface area (Å²) in [5.74, 6) is 1.03. The number of anilines is 1. The number of piperidine rings is 1. The number of nitrogen functional groups attached to an aromatic ring is 1. The van der Waals surface area contributed by atoms with Crippen molar-refractivity contribution in [3.8, 4) is 0 Å². The van der Waals surface area contributed by atoms with Crippen LogP contribution < -0.4 is 11.1 Å². The summed E-state index contributed by atoms with van der Waals surface area (Å²) in [5.41, 5.74) is 5.86. The number of nitrogens with two attached hydrogens (primary N) is 1. The number of carbonyl (C=O) groups excluding carboxylic acids is 1.